The van der Waals surface area contributed by atoms with Crippen molar-refractivity contribution in [3.63, 3.8) is 0 Å². The standard InChI is InChI=1S/C18H13ClF3N3S/c19-14-7-6-11(18(20,21)22)8-15(14)25-16(23-24-17(25)26)13-9-12(13)10-4-2-1-3-5-10/h1-8,12-13H,9H2,(H,24,26)/t12-,13+/m0/s1. The van der Waals surface area contributed by atoms with Crippen LogP contribution in [0.1, 0.15) is 35.2 Å². The van der Waals surface area contributed by atoms with Crippen molar-refractivity contribution < 1.29 is 13.2 Å². The molecule has 1 saturated carbocycles. The molecule has 3 aromatic rings. The number of hydrogen-bond acceptors (Lipinski definition) is 2. The Hall–Kier alpha value is -2.12. The predicted octanol–water partition coefficient (Wildman–Crippen LogP) is 5.87. The largest absolute Gasteiger partial charge is 0.416 e. The van der Waals surface area contributed by atoms with Crippen molar-refractivity contribution in [1.82, 2.24) is 14.8 Å². The zero-order valence-electron chi connectivity index (χ0n) is 13.3. The highest BCUT2D eigenvalue weighted by Gasteiger charge is 2.43. The summed E-state index contributed by atoms with van der Waals surface area (Å²) in [5.74, 6) is 0.950. The second kappa shape index (κ2) is 6.25. The van der Waals surface area contributed by atoms with Gasteiger partial charge in [0.25, 0.3) is 0 Å². The van der Waals surface area contributed by atoms with Crippen molar-refractivity contribution in [1.29, 1.82) is 0 Å². The smallest absolute Gasteiger partial charge is 0.270 e. The fraction of sp³-hybridized carbons (Fsp3) is 0.222. The van der Waals surface area contributed by atoms with Gasteiger partial charge in [0.2, 0.25) is 0 Å². The molecule has 1 N–H and O–H groups in total. The molecule has 134 valence electrons. The number of rotatable bonds is 3. The van der Waals surface area contributed by atoms with Gasteiger partial charge in [-0.1, -0.05) is 41.9 Å². The summed E-state index contributed by atoms with van der Waals surface area (Å²) in [7, 11) is 0. The maximum atomic E-state index is 13.1. The summed E-state index contributed by atoms with van der Waals surface area (Å²) in [6, 6.07) is 13.1. The summed E-state index contributed by atoms with van der Waals surface area (Å²) in [6.07, 6.45) is -3.60. The number of alkyl halides is 3. The highest BCUT2D eigenvalue weighted by atomic mass is 35.5. The molecule has 0 saturated heterocycles. The van der Waals surface area contributed by atoms with Crippen LogP contribution in [0, 0.1) is 4.77 Å². The summed E-state index contributed by atoms with van der Waals surface area (Å²) >= 11 is 11.4. The molecule has 2 aromatic carbocycles. The maximum Gasteiger partial charge on any atom is 0.416 e. The fourth-order valence-corrected chi connectivity index (χ4v) is 3.64. The third kappa shape index (κ3) is 3.05. The van der Waals surface area contributed by atoms with Crippen LogP contribution in [0.5, 0.6) is 0 Å². The highest BCUT2D eigenvalue weighted by molar-refractivity contribution is 7.71. The lowest BCUT2D eigenvalue weighted by Gasteiger charge is -2.13. The van der Waals surface area contributed by atoms with E-state index in [1.807, 2.05) is 30.3 Å². The van der Waals surface area contributed by atoms with E-state index in [0.29, 0.717) is 5.82 Å². The quantitative estimate of drug-likeness (QED) is 0.562. The SMILES string of the molecule is FC(F)(F)c1ccc(Cl)c(-n2c([C@@H]3C[C@H]3c3ccccc3)n[nH]c2=S)c1. The third-order valence-corrected chi connectivity index (χ3v) is 5.16. The Kier molecular flexibility index (Phi) is 4.16. The molecule has 1 aliphatic carbocycles. The monoisotopic (exact) mass is 395 g/mol. The number of hydrogen-bond donors (Lipinski definition) is 1. The summed E-state index contributed by atoms with van der Waals surface area (Å²) in [6.45, 7) is 0. The molecule has 0 spiro atoms. The van der Waals surface area contributed by atoms with Gasteiger partial charge in [0, 0.05) is 5.92 Å². The van der Waals surface area contributed by atoms with E-state index in [1.54, 1.807) is 0 Å². The Morgan fingerprint density at radius 2 is 1.85 bits per heavy atom. The van der Waals surface area contributed by atoms with E-state index in [1.165, 1.54) is 16.2 Å². The van der Waals surface area contributed by atoms with Crippen molar-refractivity contribution in [2.45, 2.75) is 24.4 Å². The second-order valence-corrected chi connectivity index (χ2v) is 7.04. The molecular formula is C18H13ClF3N3S. The molecule has 0 aliphatic heterocycles. The van der Waals surface area contributed by atoms with Gasteiger partial charge in [-0.05, 0) is 48.3 Å². The van der Waals surface area contributed by atoms with Crippen molar-refractivity contribution in [2.75, 3.05) is 0 Å². The van der Waals surface area contributed by atoms with E-state index in [-0.39, 0.29) is 27.3 Å². The number of nitrogens with one attached hydrogen (secondary N) is 1. The van der Waals surface area contributed by atoms with Crippen LogP contribution >= 0.6 is 23.8 Å². The van der Waals surface area contributed by atoms with Crippen LogP contribution in [0.3, 0.4) is 0 Å². The van der Waals surface area contributed by atoms with Gasteiger partial charge >= 0.3 is 6.18 Å². The van der Waals surface area contributed by atoms with E-state index in [0.717, 1.165) is 18.6 Å². The summed E-state index contributed by atoms with van der Waals surface area (Å²) in [5.41, 5.74) is 0.586. The van der Waals surface area contributed by atoms with Crippen LogP contribution in [0.4, 0.5) is 13.2 Å². The van der Waals surface area contributed by atoms with Gasteiger partial charge in [-0.15, -0.1) is 0 Å². The molecule has 0 amide bonds. The van der Waals surface area contributed by atoms with Crippen LogP contribution in [0.15, 0.2) is 48.5 Å². The maximum absolute atomic E-state index is 13.1. The number of aromatic nitrogens is 3. The molecule has 4 rings (SSSR count). The minimum absolute atomic E-state index is 0.0796. The first-order valence-electron chi connectivity index (χ1n) is 7.95. The fourth-order valence-electron chi connectivity index (χ4n) is 3.20. The van der Waals surface area contributed by atoms with Gasteiger partial charge in [0.1, 0.15) is 5.82 Å². The van der Waals surface area contributed by atoms with E-state index in [2.05, 4.69) is 10.2 Å². The molecule has 0 unspecified atom stereocenters. The van der Waals surface area contributed by atoms with Crippen molar-refractivity contribution in [3.8, 4) is 5.69 Å². The highest BCUT2D eigenvalue weighted by Crippen LogP contribution is 2.54. The van der Waals surface area contributed by atoms with E-state index < -0.39 is 11.7 Å². The Balaban J connectivity index is 1.76. The molecular weight excluding hydrogens is 383 g/mol. The van der Waals surface area contributed by atoms with E-state index in [9.17, 15) is 13.2 Å². The minimum Gasteiger partial charge on any atom is -0.270 e. The number of halogens is 4. The Labute approximate surface area is 157 Å². The van der Waals surface area contributed by atoms with Gasteiger partial charge in [-0.25, -0.2) is 0 Å². The molecule has 2 atom stereocenters. The van der Waals surface area contributed by atoms with Gasteiger partial charge in [0.15, 0.2) is 4.77 Å². The van der Waals surface area contributed by atoms with Crippen molar-refractivity contribution in [2.24, 2.45) is 0 Å². The van der Waals surface area contributed by atoms with E-state index in [4.69, 9.17) is 23.8 Å². The first kappa shape index (κ1) is 17.3. The summed E-state index contributed by atoms with van der Waals surface area (Å²) in [5, 5.41) is 7.15. The topological polar surface area (TPSA) is 33.6 Å². The molecule has 0 radical (unpaired) electrons. The lowest BCUT2D eigenvalue weighted by atomic mass is 10.1. The Bertz CT molecular complexity index is 1010. The Morgan fingerprint density at radius 3 is 2.54 bits per heavy atom. The number of aromatic amines is 1. The molecule has 8 heteroatoms. The predicted molar refractivity (Wildman–Crippen MR) is 95.3 cm³/mol. The van der Waals surface area contributed by atoms with Crippen molar-refractivity contribution >= 4 is 23.8 Å². The average Bonchev–Trinajstić information content (AvgIpc) is 3.31. The van der Waals surface area contributed by atoms with Crippen molar-refractivity contribution in [3.05, 3.63) is 75.3 Å². The molecule has 1 aromatic heterocycles. The van der Waals surface area contributed by atoms with Crippen LogP contribution in [0.25, 0.3) is 5.69 Å². The van der Waals surface area contributed by atoms with Crippen LogP contribution in [-0.4, -0.2) is 14.8 Å². The first-order chi connectivity index (χ1) is 12.4. The normalized spacial score (nSPS) is 19.5. The lowest BCUT2D eigenvalue weighted by Crippen LogP contribution is -2.08. The summed E-state index contributed by atoms with van der Waals surface area (Å²) < 4.78 is 41.0. The summed E-state index contributed by atoms with van der Waals surface area (Å²) in [4.78, 5) is 0. The molecule has 26 heavy (non-hydrogen) atoms. The van der Waals surface area contributed by atoms with Gasteiger partial charge in [-0.3, -0.25) is 9.67 Å². The molecule has 1 aliphatic rings. The van der Waals surface area contributed by atoms with Gasteiger partial charge < -0.3 is 0 Å². The minimum atomic E-state index is -4.46. The number of nitrogens with zero attached hydrogens (tertiary/aromatic N) is 2. The molecule has 1 fully saturated rings. The van der Waals surface area contributed by atoms with Crippen LogP contribution in [-0.2, 0) is 6.18 Å². The van der Waals surface area contributed by atoms with Gasteiger partial charge in [-0.2, -0.15) is 18.3 Å². The van der Waals surface area contributed by atoms with Crippen LogP contribution in [0.2, 0.25) is 5.02 Å². The molecule has 3 nitrogen and oxygen atoms in total. The van der Waals surface area contributed by atoms with Gasteiger partial charge in [0.05, 0.1) is 16.3 Å². The lowest BCUT2D eigenvalue weighted by molar-refractivity contribution is -0.137. The van der Waals surface area contributed by atoms with E-state index >= 15 is 0 Å². The zero-order valence-corrected chi connectivity index (χ0v) is 14.9. The average molecular weight is 396 g/mol. The second-order valence-electron chi connectivity index (χ2n) is 6.25. The number of benzene rings is 2. The first-order valence-corrected chi connectivity index (χ1v) is 8.74. The molecule has 0 bridgehead atoms. The van der Waals surface area contributed by atoms with Crippen LogP contribution < -0.4 is 0 Å². The molecule has 1 heterocycles. The third-order valence-electron chi connectivity index (χ3n) is 4.56. The Morgan fingerprint density at radius 1 is 1.12 bits per heavy atom. The zero-order chi connectivity index (χ0) is 18.5. The number of H-pyrrole nitrogens is 1.